The van der Waals surface area contributed by atoms with Crippen LogP contribution in [0.15, 0.2) is 0 Å². The predicted molar refractivity (Wildman–Crippen MR) is 69.4 cm³/mol. The number of hydrogen-bond donors (Lipinski definition) is 2. The van der Waals surface area contributed by atoms with Gasteiger partial charge in [-0.1, -0.05) is 0 Å². The van der Waals surface area contributed by atoms with Gasteiger partial charge in [-0.2, -0.15) is 17.4 Å². The van der Waals surface area contributed by atoms with Crippen LogP contribution in [0.5, 0.6) is 0 Å². The lowest BCUT2D eigenvalue weighted by molar-refractivity contribution is 0.0793. The first-order valence-corrected chi connectivity index (χ1v) is 7.90. The lowest BCUT2D eigenvalue weighted by Gasteiger charge is -2.31. The van der Waals surface area contributed by atoms with Crippen LogP contribution in [0, 0.1) is 5.92 Å². The fourth-order valence-electron chi connectivity index (χ4n) is 2.05. The van der Waals surface area contributed by atoms with E-state index in [1.165, 1.54) is 4.31 Å². The van der Waals surface area contributed by atoms with Crippen LogP contribution >= 0.6 is 0 Å². The molecule has 2 unspecified atom stereocenters. The Morgan fingerprint density at radius 3 is 2.89 bits per heavy atom. The van der Waals surface area contributed by atoms with E-state index in [0.717, 1.165) is 12.8 Å². The summed E-state index contributed by atoms with van der Waals surface area (Å²) >= 11 is 0. The molecule has 0 aliphatic carbocycles. The van der Waals surface area contributed by atoms with Crippen molar-refractivity contribution in [3.8, 4) is 0 Å². The van der Waals surface area contributed by atoms with Crippen molar-refractivity contribution >= 4 is 10.2 Å². The molecule has 0 aromatic rings. The van der Waals surface area contributed by atoms with Crippen molar-refractivity contribution in [1.82, 2.24) is 9.03 Å². The number of piperidine rings is 1. The molecule has 108 valence electrons. The average Bonchev–Trinajstić information content (AvgIpc) is 2.37. The van der Waals surface area contributed by atoms with Gasteiger partial charge in [0.2, 0.25) is 0 Å². The van der Waals surface area contributed by atoms with Gasteiger partial charge in [-0.3, -0.25) is 0 Å². The molecule has 0 bridgehead atoms. The molecule has 1 heterocycles. The first-order chi connectivity index (χ1) is 8.49. The molecule has 2 atom stereocenters. The standard InChI is InChI=1S/C11H24N2O4S/c1-3-17-10(2)7-12-18(15,16)13-6-4-5-11(8-13)9-14/h10-12,14H,3-9H2,1-2H3. The summed E-state index contributed by atoms with van der Waals surface area (Å²) in [5.74, 6) is 0.0552. The third kappa shape index (κ3) is 4.81. The fourth-order valence-corrected chi connectivity index (χ4v) is 3.46. The van der Waals surface area contributed by atoms with Gasteiger partial charge >= 0.3 is 0 Å². The van der Waals surface area contributed by atoms with E-state index in [0.29, 0.717) is 19.7 Å². The van der Waals surface area contributed by atoms with Crippen LogP contribution in [0.25, 0.3) is 0 Å². The molecular formula is C11H24N2O4S. The van der Waals surface area contributed by atoms with E-state index in [-0.39, 0.29) is 25.2 Å². The molecule has 2 N–H and O–H groups in total. The van der Waals surface area contributed by atoms with Gasteiger partial charge in [0.25, 0.3) is 10.2 Å². The summed E-state index contributed by atoms with van der Waals surface area (Å²) in [6.07, 6.45) is 1.55. The molecule has 0 aromatic heterocycles. The molecule has 6 nitrogen and oxygen atoms in total. The van der Waals surface area contributed by atoms with Crippen LogP contribution < -0.4 is 4.72 Å². The van der Waals surface area contributed by atoms with Crippen LogP contribution in [0.4, 0.5) is 0 Å². The van der Waals surface area contributed by atoms with E-state index in [4.69, 9.17) is 9.84 Å². The SMILES string of the molecule is CCOC(C)CNS(=O)(=O)N1CCCC(CO)C1. The molecule has 1 rings (SSSR count). The largest absolute Gasteiger partial charge is 0.396 e. The van der Waals surface area contributed by atoms with Crippen molar-refractivity contribution in [2.45, 2.75) is 32.8 Å². The Morgan fingerprint density at radius 1 is 1.56 bits per heavy atom. The number of ether oxygens (including phenoxy) is 1. The minimum atomic E-state index is -3.45. The molecule has 0 radical (unpaired) electrons. The lowest BCUT2D eigenvalue weighted by atomic mass is 10.0. The van der Waals surface area contributed by atoms with Gasteiger partial charge in [-0.25, -0.2) is 0 Å². The van der Waals surface area contributed by atoms with Crippen LogP contribution in [0.2, 0.25) is 0 Å². The van der Waals surface area contributed by atoms with Crippen molar-refractivity contribution < 1.29 is 18.3 Å². The number of rotatable bonds is 7. The zero-order valence-corrected chi connectivity index (χ0v) is 11.9. The summed E-state index contributed by atoms with van der Waals surface area (Å²) in [5, 5.41) is 9.10. The zero-order chi connectivity index (χ0) is 13.6. The summed E-state index contributed by atoms with van der Waals surface area (Å²) in [7, 11) is -3.45. The Labute approximate surface area is 109 Å². The van der Waals surface area contributed by atoms with Crippen LogP contribution in [0.3, 0.4) is 0 Å². The third-order valence-corrected chi connectivity index (χ3v) is 4.63. The Morgan fingerprint density at radius 2 is 2.28 bits per heavy atom. The number of nitrogens with zero attached hydrogens (tertiary/aromatic N) is 1. The van der Waals surface area contributed by atoms with E-state index in [2.05, 4.69) is 4.72 Å². The van der Waals surface area contributed by atoms with Gasteiger partial charge in [0.05, 0.1) is 6.10 Å². The second-order valence-corrected chi connectivity index (χ2v) is 6.42. The second kappa shape index (κ2) is 7.40. The molecule has 0 aromatic carbocycles. The molecule has 0 amide bonds. The Bertz CT molecular complexity index is 334. The smallest absolute Gasteiger partial charge is 0.279 e. The first kappa shape index (κ1) is 15.8. The summed E-state index contributed by atoms with van der Waals surface area (Å²) in [6, 6.07) is 0. The molecular weight excluding hydrogens is 256 g/mol. The maximum absolute atomic E-state index is 12.0. The third-order valence-electron chi connectivity index (χ3n) is 3.08. The summed E-state index contributed by atoms with van der Waals surface area (Å²) in [4.78, 5) is 0. The highest BCUT2D eigenvalue weighted by molar-refractivity contribution is 7.87. The van der Waals surface area contributed by atoms with Crippen molar-refractivity contribution in [1.29, 1.82) is 0 Å². The van der Waals surface area contributed by atoms with E-state index in [9.17, 15) is 8.42 Å². The minimum Gasteiger partial charge on any atom is -0.396 e. The fraction of sp³-hybridized carbons (Fsp3) is 1.00. The van der Waals surface area contributed by atoms with Crippen molar-refractivity contribution in [3.05, 3.63) is 0 Å². The molecule has 7 heteroatoms. The van der Waals surface area contributed by atoms with Gasteiger partial charge in [0.1, 0.15) is 0 Å². The molecule has 1 fully saturated rings. The maximum atomic E-state index is 12.0. The molecule has 0 saturated carbocycles. The van der Waals surface area contributed by atoms with Crippen molar-refractivity contribution in [2.24, 2.45) is 5.92 Å². The molecule has 1 aliphatic rings. The number of aliphatic hydroxyl groups is 1. The van der Waals surface area contributed by atoms with Crippen molar-refractivity contribution in [2.75, 3.05) is 32.8 Å². The molecule has 1 saturated heterocycles. The van der Waals surface area contributed by atoms with E-state index < -0.39 is 10.2 Å². The van der Waals surface area contributed by atoms with Gasteiger partial charge in [-0.15, -0.1) is 0 Å². The van der Waals surface area contributed by atoms with Crippen LogP contribution in [-0.2, 0) is 14.9 Å². The highest BCUT2D eigenvalue weighted by Crippen LogP contribution is 2.17. The minimum absolute atomic E-state index is 0.0430. The summed E-state index contributed by atoms with van der Waals surface area (Å²) in [5.41, 5.74) is 0. The summed E-state index contributed by atoms with van der Waals surface area (Å²) < 4.78 is 33.3. The first-order valence-electron chi connectivity index (χ1n) is 6.46. The van der Waals surface area contributed by atoms with E-state index in [1.54, 1.807) is 0 Å². The van der Waals surface area contributed by atoms with E-state index in [1.807, 2.05) is 13.8 Å². The average molecular weight is 280 g/mol. The molecule has 0 spiro atoms. The Hall–Kier alpha value is -0.210. The predicted octanol–water partition coefficient (Wildman–Crippen LogP) is -0.0499. The summed E-state index contributed by atoms with van der Waals surface area (Å²) in [6.45, 7) is 5.51. The maximum Gasteiger partial charge on any atom is 0.279 e. The zero-order valence-electron chi connectivity index (χ0n) is 11.1. The topological polar surface area (TPSA) is 78.9 Å². The highest BCUT2D eigenvalue weighted by atomic mass is 32.2. The van der Waals surface area contributed by atoms with Crippen LogP contribution in [-0.4, -0.2) is 56.8 Å². The van der Waals surface area contributed by atoms with Gasteiger partial charge in [0, 0.05) is 32.8 Å². The second-order valence-electron chi connectivity index (χ2n) is 4.67. The van der Waals surface area contributed by atoms with Crippen molar-refractivity contribution in [3.63, 3.8) is 0 Å². The van der Waals surface area contributed by atoms with Gasteiger partial charge in [-0.05, 0) is 32.6 Å². The van der Waals surface area contributed by atoms with E-state index >= 15 is 0 Å². The van der Waals surface area contributed by atoms with Crippen LogP contribution in [0.1, 0.15) is 26.7 Å². The number of aliphatic hydroxyl groups excluding tert-OH is 1. The van der Waals surface area contributed by atoms with Gasteiger partial charge < -0.3 is 9.84 Å². The Balaban J connectivity index is 2.47. The Kier molecular flexibility index (Phi) is 6.51. The highest BCUT2D eigenvalue weighted by Gasteiger charge is 2.28. The monoisotopic (exact) mass is 280 g/mol. The molecule has 18 heavy (non-hydrogen) atoms. The van der Waals surface area contributed by atoms with Gasteiger partial charge in [0.15, 0.2) is 0 Å². The number of nitrogens with one attached hydrogen (secondary N) is 1. The normalized spacial score (nSPS) is 24.1. The quantitative estimate of drug-likeness (QED) is 0.685. The lowest BCUT2D eigenvalue weighted by Crippen LogP contribution is -2.48. The molecule has 1 aliphatic heterocycles. The number of hydrogen-bond acceptors (Lipinski definition) is 4.